The van der Waals surface area contributed by atoms with Crippen LogP contribution in [0.25, 0.3) is 0 Å². The van der Waals surface area contributed by atoms with Crippen molar-refractivity contribution in [3.05, 3.63) is 0 Å². The van der Waals surface area contributed by atoms with E-state index >= 15 is 0 Å². The molecule has 1 unspecified atom stereocenters. The van der Waals surface area contributed by atoms with E-state index in [0.29, 0.717) is 5.50 Å². The van der Waals surface area contributed by atoms with Crippen molar-refractivity contribution in [2.75, 3.05) is 6.61 Å². The summed E-state index contributed by atoms with van der Waals surface area (Å²) >= 11 is 0. The number of ether oxygens (including phenoxy) is 1. The third kappa shape index (κ3) is 0.572. The predicted octanol–water partition coefficient (Wildman–Crippen LogP) is -0.244. The third-order valence-electron chi connectivity index (χ3n) is 1.39. The summed E-state index contributed by atoms with van der Waals surface area (Å²) in [7, 11) is 2.13. The number of epoxide rings is 1. The monoisotopic (exact) mass is 84.1 g/mol. The van der Waals surface area contributed by atoms with Gasteiger partial charge in [-0.05, 0) is 6.42 Å². The molecule has 0 aromatic heterocycles. The molecule has 0 bridgehead atoms. The van der Waals surface area contributed by atoms with Gasteiger partial charge in [0.15, 0.2) is 0 Å². The zero-order valence-electron chi connectivity index (χ0n) is 4.32. The molecule has 6 heavy (non-hydrogen) atoms. The van der Waals surface area contributed by atoms with Gasteiger partial charge >= 0.3 is 0 Å². The summed E-state index contributed by atoms with van der Waals surface area (Å²) in [5.41, 5.74) is 0.292. The average molecular weight is 83.9 g/mol. The van der Waals surface area contributed by atoms with E-state index in [0.717, 1.165) is 13.0 Å². The molecular formula is C4H9BO. The molecule has 34 valence electrons. The summed E-state index contributed by atoms with van der Waals surface area (Å²) in [6.07, 6.45) is 1.16. The largest absolute Gasteiger partial charge is 0.380 e. The van der Waals surface area contributed by atoms with Gasteiger partial charge in [0, 0.05) is 0 Å². The molecule has 1 nitrogen and oxygen atoms in total. The van der Waals surface area contributed by atoms with Gasteiger partial charge in [0.1, 0.15) is 7.85 Å². The normalized spacial score (nSPS) is 42.8. The number of hydrogen-bond donors (Lipinski definition) is 0. The molecule has 0 spiro atoms. The van der Waals surface area contributed by atoms with E-state index in [1.54, 1.807) is 0 Å². The molecule has 1 aliphatic heterocycles. The van der Waals surface area contributed by atoms with Crippen LogP contribution in [0.5, 0.6) is 0 Å². The van der Waals surface area contributed by atoms with Gasteiger partial charge in [0.2, 0.25) is 0 Å². The van der Waals surface area contributed by atoms with Crippen LogP contribution in [-0.4, -0.2) is 20.0 Å². The Balaban J connectivity index is 2.28. The zero-order chi connectivity index (χ0) is 4.62. The number of hydrogen-bond acceptors (Lipinski definition) is 1. The average Bonchev–Trinajstić information content (AvgIpc) is 2.22. The van der Waals surface area contributed by atoms with Crippen molar-refractivity contribution in [1.29, 1.82) is 0 Å². The highest BCUT2D eigenvalue weighted by Gasteiger charge is 2.36. The molecule has 1 saturated heterocycles. The molecule has 1 rings (SSSR count). The van der Waals surface area contributed by atoms with E-state index in [9.17, 15) is 0 Å². The molecule has 0 aliphatic carbocycles. The van der Waals surface area contributed by atoms with Crippen molar-refractivity contribution in [1.82, 2.24) is 0 Å². The quantitative estimate of drug-likeness (QED) is 0.315. The lowest BCUT2D eigenvalue weighted by atomic mass is 9.86. The van der Waals surface area contributed by atoms with Crippen molar-refractivity contribution in [2.45, 2.75) is 18.8 Å². The minimum atomic E-state index is 0.292. The van der Waals surface area contributed by atoms with Crippen LogP contribution in [0.4, 0.5) is 0 Å². The van der Waals surface area contributed by atoms with Crippen LogP contribution in [0.15, 0.2) is 0 Å². The Kier molecular flexibility index (Phi) is 0.698. The molecule has 1 aliphatic rings. The van der Waals surface area contributed by atoms with Gasteiger partial charge in [0.25, 0.3) is 0 Å². The maximum absolute atomic E-state index is 5.05. The van der Waals surface area contributed by atoms with Gasteiger partial charge in [-0.1, -0.05) is 6.92 Å². The van der Waals surface area contributed by atoms with E-state index < -0.39 is 0 Å². The summed E-state index contributed by atoms with van der Waals surface area (Å²) in [5.74, 6) is 0. The Bertz CT molecular complexity index is 58.6. The first-order valence-electron chi connectivity index (χ1n) is 2.41. The first-order valence-corrected chi connectivity index (χ1v) is 2.41. The maximum Gasteiger partial charge on any atom is 0.146 e. The second kappa shape index (κ2) is 0.999. The second-order valence-electron chi connectivity index (χ2n) is 2.09. The van der Waals surface area contributed by atoms with Gasteiger partial charge < -0.3 is 4.74 Å². The van der Waals surface area contributed by atoms with Crippen LogP contribution in [-0.2, 0) is 4.74 Å². The molecular weight excluding hydrogens is 74.9 g/mol. The first kappa shape index (κ1) is 4.19. The number of rotatable bonds is 1. The van der Waals surface area contributed by atoms with Gasteiger partial charge in [0.05, 0.1) is 12.1 Å². The van der Waals surface area contributed by atoms with Crippen molar-refractivity contribution < 1.29 is 4.74 Å². The van der Waals surface area contributed by atoms with Crippen molar-refractivity contribution in [3.63, 3.8) is 0 Å². The van der Waals surface area contributed by atoms with E-state index in [2.05, 4.69) is 14.8 Å². The molecule has 0 saturated carbocycles. The highest BCUT2D eigenvalue weighted by atomic mass is 16.6. The predicted molar refractivity (Wildman–Crippen MR) is 27.5 cm³/mol. The summed E-state index contributed by atoms with van der Waals surface area (Å²) < 4.78 is 5.05. The molecule has 2 heteroatoms. The summed E-state index contributed by atoms with van der Waals surface area (Å²) in [6, 6.07) is 0. The maximum atomic E-state index is 5.05. The fourth-order valence-electron chi connectivity index (χ4n) is 0.327. The smallest absolute Gasteiger partial charge is 0.146 e. The zero-order valence-corrected chi connectivity index (χ0v) is 4.32. The van der Waals surface area contributed by atoms with E-state index in [1.165, 1.54) is 0 Å². The Morgan fingerprint density at radius 1 is 2.00 bits per heavy atom. The molecule has 0 aromatic rings. The van der Waals surface area contributed by atoms with Crippen molar-refractivity contribution in [3.8, 4) is 0 Å². The standard InChI is InChI=1S/C4H9BO/c1-2-4(5)3-6-4/h2-3,5H2,1H3. The fraction of sp³-hybridized carbons (Fsp3) is 1.00. The van der Waals surface area contributed by atoms with Gasteiger partial charge in [-0.2, -0.15) is 0 Å². The van der Waals surface area contributed by atoms with Crippen LogP contribution in [0.1, 0.15) is 13.3 Å². The van der Waals surface area contributed by atoms with Gasteiger partial charge in [-0.25, -0.2) is 0 Å². The van der Waals surface area contributed by atoms with E-state index in [-0.39, 0.29) is 0 Å². The fourth-order valence-corrected chi connectivity index (χ4v) is 0.327. The molecule has 0 N–H and O–H groups in total. The molecule has 1 atom stereocenters. The highest BCUT2D eigenvalue weighted by Crippen LogP contribution is 2.25. The molecule has 0 amide bonds. The van der Waals surface area contributed by atoms with Crippen molar-refractivity contribution in [2.24, 2.45) is 0 Å². The highest BCUT2D eigenvalue weighted by molar-refractivity contribution is 6.16. The molecule has 1 fully saturated rings. The van der Waals surface area contributed by atoms with Crippen LogP contribution < -0.4 is 0 Å². The Morgan fingerprint density at radius 3 is 2.50 bits per heavy atom. The third-order valence-corrected chi connectivity index (χ3v) is 1.39. The molecule has 1 heterocycles. The van der Waals surface area contributed by atoms with E-state index in [4.69, 9.17) is 4.74 Å². The van der Waals surface area contributed by atoms with E-state index in [1.807, 2.05) is 0 Å². The lowest BCUT2D eigenvalue weighted by Gasteiger charge is -1.91. The lowest BCUT2D eigenvalue weighted by molar-refractivity contribution is 0.373. The summed E-state index contributed by atoms with van der Waals surface area (Å²) in [4.78, 5) is 0. The van der Waals surface area contributed by atoms with Crippen LogP contribution >= 0.6 is 0 Å². The summed E-state index contributed by atoms with van der Waals surface area (Å²) in [6.45, 7) is 3.12. The van der Waals surface area contributed by atoms with Crippen LogP contribution in [0.3, 0.4) is 0 Å². The van der Waals surface area contributed by atoms with Crippen molar-refractivity contribution >= 4 is 7.85 Å². The first-order chi connectivity index (χ1) is 2.77. The Hall–Kier alpha value is 0.0249. The minimum absolute atomic E-state index is 0.292. The SMILES string of the molecule is BC1(CC)CO1. The summed E-state index contributed by atoms with van der Waals surface area (Å²) in [5, 5.41) is 0. The molecule has 0 aromatic carbocycles. The van der Waals surface area contributed by atoms with Crippen LogP contribution in [0, 0.1) is 0 Å². The Labute approximate surface area is 39.1 Å². The van der Waals surface area contributed by atoms with Gasteiger partial charge in [-0.3, -0.25) is 0 Å². The lowest BCUT2D eigenvalue weighted by Crippen LogP contribution is -2.06. The Morgan fingerprint density at radius 2 is 2.50 bits per heavy atom. The van der Waals surface area contributed by atoms with Crippen LogP contribution in [0.2, 0.25) is 0 Å². The molecule has 0 radical (unpaired) electrons. The topological polar surface area (TPSA) is 12.5 Å². The van der Waals surface area contributed by atoms with Gasteiger partial charge in [-0.15, -0.1) is 0 Å². The minimum Gasteiger partial charge on any atom is -0.380 e. The second-order valence-corrected chi connectivity index (χ2v) is 2.09.